The maximum absolute atomic E-state index is 13.7. The van der Waals surface area contributed by atoms with Crippen LogP contribution >= 0.6 is 11.6 Å². The molecule has 0 spiro atoms. The predicted molar refractivity (Wildman–Crippen MR) is 86.6 cm³/mol. The molecule has 1 heterocycles. The molecule has 1 fully saturated rings. The van der Waals surface area contributed by atoms with Crippen molar-refractivity contribution < 1.29 is 9.18 Å². The van der Waals surface area contributed by atoms with E-state index in [1.807, 2.05) is 20.0 Å². The second kappa shape index (κ2) is 7.29. The van der Waals surface area contributed by atoms with Crippen LogP contribution in [0.3, 0.4) is 0 Å². The van der Waals surface area contributed by atoms with Crippen molar-refractivity contribution in [3.8, 4) is 0 Å². The average molecular weight is 328 g/mol. The van der Waals surface area contributed by atoms with Gasteiger partial charge in [0, 0.05) is 26.2 Å². The van der Waals surface area contributed by atoms with Gasteiger partial charge < -0.3 is 10.2 Å². The molecule has 22 heavy (non-hydrogen) atoms. The van der Waals surface area contributed by atoms with Gasteiger partial charge in [0.25, 0.3) is 0 Å². The van der Waals surface area contributed by atoms with E-state index < -0.39 is 5.82 Å². The highest BCUT2D eigenvalue weighted by Gasteiger charge is 2.33. The lowest BCUT2D eigenvalue weighted by Crippen LogP contribution is -2.40. The Morgan fingerprint density at radius 2 is 2.27 bits per heavy atom. The fourth-order valence-corrected chi connectivity index (χ4v) is 3.08. The number of rotatable bonds is 4. The van der Waals surface area contributed by atoms with Gasteiger partial charge in [-0.25, -0.2) is 9.18 Å². The summed E-state index contributed by atoms with van der Waals surface area (Å²) in [4.78, 5) is 15.7. The third-order valence-electron chi connectivity index (χ3n) is 4.40. The van der Waals surface area contributed by atoms with Gasteiger partial charge >= 0.3 is 6.03 Å². The highest BCUT2D eigenvalue weighted by Crippen LogP contribution is 2.36. The van der Waals surface area contributed by atoms with Gasteiger partial charge in [0.2, 0.25) is 0 Å². The van der Waals surface area contributed by atoms with E-state index in [0.29, 0.717) is 13.1 Å². The zero-order chi connectivity index (χ0) is 16.3. The van der Waals surface area contributed by atoms with E-state index in [-0.39, 0.29) is 23.0 Å². The van der Waals surface area contributed by atoms with Gasteiger partial charge in [-0.05, 0) is 50.6 Å². The first-order chi connectivity index (χ1) is 10.4. The smallest absolute Gasteiger partial charge is 0.317 e. The summed E-state index contributed by atoms with van der Waals surface area (Å²) >= 11 is 5.76. The molecule has 1 saturated heterocycles. The summed E-state index contributed by atoms with van der Waals surface area (Å²) < 4.78 is 13.7. The van der Waals surface area contributed by atoms with E-state index in [1.165, 1.54) is 6.07 Å². The molecule has 1 aromatic carbocycles. The van der Waals surface area contributed by atoms with E-state index in [2.05, 4.69) is 10.2 Å². The first-order valence-electron chi connectivity index (χ1n) is 7.58. The van der Waals surface area contributed by atoms with Crippen LogP contribution in [0.1, 0.15) is 24.9 Å². The second-order valence-electron chi connectivity index (χ2n) is 5.85. The molecule has 1 aromatic rings. The maximum atomic E-state index is 13.7. The summed E-state index contributed by atoms with van der Waals surface area (Å²) in [5.74, 6) is -0.132. The maximum Gasteiger partial charge on any atom is 0.317 e. The summed E-state index contributed by atoms with van der Waals surface area (Å²) in [6.45, 7) is 4.12. The van der Waals surface area contributed by atoms with Crippen molar-refractivity contribution in [3.05, 3.63) is 34.6 Å². The third kappa shape index (κ3) is 3.70. The lowest BCUT2D eigenvalue weighted by Gasteiger charge is -2.26. The highest BCUT2D eigenvalue weighted by atomic mass is 35.5. The lowest BCUT2D eigenvalue weighted by atomic mass is 9.93. The number of carbonyl (C=O) groups excluding carboxylic acids is 1. The Balaban J connectivity index is 2.07. The molecule has 0 aromatic heterocycles. The minimum atomic E-state index is -0.395. The van der Waals surface area contributed by atoms with Gasteiger partial charge in [-0.15, -0.1) is 0 Å². The van der Waals surface area contributed by atoms with Crippen molar-refractivity contribution >= 4 is 17.6 Å². The van der Waals surface area contributed by atoms with Crippen molar-refractivity contribution in [3.63, 3.8) is 0 Å². The van der Waals surface area contributed by atoms with E-state index in [1.54, 1.807) is 18.0 Å². The second-order valence-corrected chi connectivity index (χ2v) is 6.26. The summed E-state index contributed by atoms with van der Waals surface area (Å²) in [5, 5.41) is 3.10. The van der Waals surface area contributed by atoms with Gasteiger partial charge in [-0.3, -0.25) is 4.90 Å². The SMILES string of the molecule is CCN(C)C(=O)NC[C@@H]1CCN(C)[C@H]1c1ccc(Cl)c(F)c1. The van der Waals surface area contributed by atoms with Crippen LogP contribution in [0.15, 0.2) is 18.2 Å². The molecule has 0 aliphatic carbocycles. The van der Waals surface area contributed by atoms with Crippen molar-refractivity contribution in [2.45, 2.75) is 19.4 Å². The molecule has 0 radical (unpaired) electrons. The van der Waals surface area contributed by atoms with Gasteiger partial charge in [-0.2, -0.15) is 0 Å². The molecule has 4 nitrogen and oxygen atoms in total. The molecule has 6 heteroatoms. The van der Waals surface area contributed by atoms with Crippen LogP contribution in [0, 0.1) is 11.7 Å². The molecule has 1 N–H and O–H groups in total. The quantitative estimate of drug-likeness (QED) is 0.922. The number of hydrogen-bond acceptors (Lipinski definition) is 2. The van der Waals surface area contributed by atoms with Crippen LogP contribution < -0.4 is 5.32 Å². The fraction of sp³-hybridized carbons (Fsp3) is 0.562. The first-order valence-corrected chi connectivity index (χ1v) is 7.96. The topological polar surface area (TPSA) is 35.6 Å². The molecule has 0 unspecified atom stereocenters. The largest absolute Gasteiger partial charge is 0.338 e. The number of halogens is 2. The molecule has 2 rings (SSSR count). The van der Waals surface area contributed by atoms with E-state index in [4.69, 9.17) is 11.6 Å². The molecule has 1 aliphatic heterocycles. The van der Waals surface area contributed by atoms with E-state index in [9.17, 15) is 9.18 Å². The van der Waals surface area contributed by atoms with Crippen LogP contribution in [0.4, 0.5) is 9.18 Å². The van der Waals surface area contributed by atoms with Crippen molar-refractivity contribution in [2.24, 2.45) is 5.92 Å². The van der Waals surface area contributed by atoms with Gasteiger partial charge in [0.05, 0.1) is 5.02 Å². The molecule has 1 aliphatic rings. The Morgan fingerprint density at radius 3 is 2.91 bits per heavy atom. The van der Waals surface area contributed by atoms with Crippen molar-refractivity contribution in [1.82, 2.24) is 15.1 Å². The number of hydrogen-bond donors (Lipinski definition) is 1. The minimum absolute atomic E-state index is 0.0712. The monoisotopic (exact) mass is 327 g/mol. The Labute approximate surface area is 136 Å². The van der Waals surface area contributed by atoms with Gasteiger partial charge in [0.1, 0.15) is 5.82 Å². The van der Waals surface area contributed by atoms with Crippen LogP contribution in [0.25, 0.3) is 0 Å². The highest BCUT2D eigenvalue weighted by molar-refractivity contribution is 6.30. The van der Waals surface area contributed by atoms with Crippen LogP contribution in [-0.2, 0) is 0 Å². The average Bonchev–Trinajstić information content (AvgIpc) is 2.87. The van der Waals surface area contributed by atoms with Gasteiger partial charge in [-0.1, -0.05) is 17.7 Å². The number of carbonyl (C=O) groups is 1. The molecule has 0 saturated carbocycles. The van der Waals surface area contributed by atoms with Crippen LogP contribution in [0.2, 0.25) is 5.02 Å². The number of nitrogens with one attached hydrogen (secondary N) is 1. The Kier molecular flexibility index (Phi) is 5.64. The summed E-state index contributed by atoms with van der Waals surface area (Å²) in [5.41, 5.74) is 0.907. The normalized spacial score (nSPS) is 21.9. The Morgan fingerprint density at radius 1 is 1.55 bits per heavy atom. The van der Waals surface area contributed by atoms with Crippen LogP contribution in [0.5, 0.6) is 0 Å². The zero-order valence-electron chi connectivity index (χ0n) is 13.3. The summed E-state index contributed by atoms with van der Waals surface area (Å²) in [7, 11) is 3.79. The van der Waals surface area contributed by atoms with Gasteiger partial charge in [0.15, 0.2) is 0 Å². The predicted octanol–water partition coefficient (Wildman–Crippen LogP) is 3.13. The van der Waals surface area contributed by atoms with Crippen molar-refractivity contribution in [1.29, 1.82) is 0 Å². The molecule has 2 amide bonds. The number of likely N-dealkylation sites (tertiary alicyclic amines) is 1. The number of nitrogens with zero attached hydrogens (tertiary/aromatic N) is 2. The summed E-state index contributed by atoms with van der Waals surface area (Å²) in [6.07, 6.45) is 0.974. The molecule has 122 valence electrons. The Hall–Kier alpha value is -1.33. The lowest BCUT2D eigenvalue weighted by molar-refractivity contribution is 0.206. The number of benzene rings is 1. The number of amides is 2. The molecule has 0 bridgehead atoms. The molecular weight excluding hydrogens is 305 g/mol. The standard InChI is InChI=1S/C16H23ClFN3O/c1-4-20(2)16(22)19-10-12-7-8-21(3)15(12)11-5-6-13(17)14(18)9-11/h5-6,9,12,15H,4,7-8,10H2,1-3H3,(H,19,22)/t12-,15-/m0/s1. The fourth-order valence-electron chi connectivity index (χ4n) is 2.96. The zero-order valence-corrected chi connectivity index (χ0v) is 14.0. The van der Waals surface area contributed by atoms with E-state index >= 15 is 0 Å². The first kappa shape index (κ1) is 17.0. The molecule has 2 atom stereocenters. The summed E-state index contributed by atoms with van der Waals surface area (Å²) in [6, 6.07) is 4.99. The van der Waals surface area contributed by atoms with Crippen molar-refractivity contribution in [2.75, 3.05) is 33.7 Å². The molecular formula is C16H23ClFN3O. The Bertz CT molecular complexity index is 540. The minimum Gasteiger partial charge on any atom is -0.338 e. The van der Waals surface area contributed by atoms with E-state index in [0.717, 1.165) is 18.5 Å². The number of urea groups is 1. The van der Waals surface area contributed by atoms with Crippen LogP contribution in [-0.4, -0.2) is 49.6 Å². The third-order valence-corrected chi connectivity index (χ3v) is 4.70.